The molecule has 0 N–H and O–H groups in total. The first-order chi connectivity index (χ1) is 12.0. The van der Waals surface area contributed by atoms with Gasteiger partial charge in [-0.3, -0.25) is 9.47 Å². The number of halogens is 2. The SMILES string of the molecule is Cc1ccc(C)n1N(Cc1ccc(Br)cc1)C(=O)c1ccc(Cl)cc1. The Morgan fingerprint density at radius 3 is 2.08 bits per heavy atom. The second kappa shape index (κ2) is 7.46. The first-order valence-corrected chi connectivity index (χ1v) is 9.10. The third kappa shape index (κ3) is 3.97. The Balaban J connectivity index is 2.00. The molecule has 0 unspecified atom stereocenters. The van der Waals surface area contributed by atoms with Crippen LogP contribution >= 0.6 is 27.5 Å². The molecule has 5 heteroatoms. The smallest absolute Gasteiger partial charge is 0.267 e. The molecular weight excluding hydrogens is 400 g/mol. The van der Waals surface area contributed by atoms with Gasteiger partial charge in [0.15, 0.2) is 0 Å². The maximum absolute atomic E-state index is 13.2. The predicted molar refractivity (Wildman–Crippen MR) is 106 cm³/mol. The number of nitrogens with zero attached hydrogens (tertiary/aromatic N) is 2. The van der Waals surface area contributed by atoms with Gasteiger partial charge in [0.1, 0.15) is 0 Å². The Kier molecular flexibility index (Phi) is 5.30. The van der Waals surface area contributed by atoms with Crippen LogP contribution in [0.2, 0.25) is 5.02 Å². The highest BCUT2D eigenvalue weighted by Crippen LogP contribution is 2.18. The lowest BCUT2D eigenvalue weighted by molar-refractivity contribution is 0.0954. The number of hydrogen-bond acceptors (Lipinski definition) is 1. The van der Waals surface area contributed by atoms with Crippen molar-refractivity contribution < 1.29 is 4.79 Å². The summed E-state index contributed by atoms with van der Waals surface area (Å²) < 4.78 is 2.97. The molecule has 0 spiro atoms. The van der Waals surface area contributed by atoms with Crippen LogP contribution in [-0.4, -0.2) is 10.6 Å². The minimum Gasteiger partial charge on any atom is -0.267 e. The maximum Gasteiger partial charge on any atom is 0.273 e. The zero-order chi connectivity index (χ0) is 18.0. The molecule has 0 saturated carbocycles. The highest BCUT2D eigenvalue weighted by Gasteiger charge is 2.20. The fourth-order valence-electron chi connectivity index (χ4n) is 2.78. The molecule has 0 aliphatic heterocycles. The standard InChI is InChI=1S/C20H18BrClN2O/c1-14-3-4-15(2)24(14)23(13-16-5-9-18(21)10-6-16)20(25)17-7-11-19(22)12-8-17/h3-12H,13H2,1-2H3. The summed E-state index contributed by atoms with van der Waals surface area (Å²) in [7, 11) is 0. The van der Waals surface area contributed by atoms with Gasteiger partial charge in [-0.15, -0.1) is 0 Å². The van der Waals surface area contributed by atoms with E-state index in [2.05, 4.69) is 15.9 Å². The van der Waals surface area contributed by atoms with Crippen molar-refractivity contribution in [2.75, 3.05) is 5.01 Å². The number of benzene rings is 2. The summed E-state index contributed by atoms with van der Waals surface area (Å²) in [5.74, 6) is -0.0676. The lowest BCUT2D eigenvalue weighted by Gasteiger charge is -2.27. The molecule has 25 heavy (non-hydrogen) atoms. The zero-order valence-corrected chi connectivity index (χ0v) is 16.4. The van der Waals surface area contributed by atoms with E-state index in [0.29, 0.717) is 17.1 Å². The Hall–Kier alpha value is -2.04. The summed E-state index contributed by atoms with van der Waals surface area (Å²) in [6, 6.07) is 19.0. The molecule has 0 radical (unpaired) electrons. The summed E-state index contributed by atoms with van der Waals surface area (Å²) in [6.45, 7) is 4.47. The number of aromatic nitrogens is 1. The first kappa shape index (κ1) is 17.8. The second-order valence-electron chi connectivity index (χ2n) is 5.92. The van der Waals surface area contributed by atoms with E-state index in [9.17, 15) is 4.79 Å². The van der Waals surface area contributed by atoms with Crippen molar-refractivity contribution >= 4 is 33.4 Å². The van der Waals surface area contributed by atoms with Gasteiger partial charge in [-0.1, -0.05) is 39.7 Å². The van der Waals surface area contributed by atoms with Gasteiger partial charge in [-0.2, -0.15) is 0 Å². The van der Waals surface area contributed by atoms with Crippen LogP contribution in [0.5, 0.6) is 0 Å². The average Bonchev–Trinajstić information content (AvgIpc) is 2.93. The highest BCUT2D eigenvalue weighted by atomic mass is 79.9. The summed E-state index contributed by atoms with van der Waals surface area (Å²) in [5.41, 5.74) is 3.68. The summed E-state index contributed by atoms with van der Waals surface area (Å²) >= 11 is 9.40. The second-order valence-corrected chi connectivity index (χ2v) is 7.28. The summed E-state index contributed by atoms with van der Waals surface area (Å²) in [4.78, 5) is 13.2. The molecule has 3 nitrogen and oxygen atoms in total. The van der Waals surface area contributed by atoms with Gasteiger partial charge in [0, 0.05) is 26.4 Å². The van der Waals surface area contributed by atoms with Crippen LogP contribution in [0.4, 0.5) is 0 Å². The number of rotatable bonds is 4. The van der Waals surface area contributed by atoms with E-state index in [1.807, 2.05) is 54.9 Å². The molecule has 0 saturated heterocycles. The Bertz CT molecular complexity index is 866. The summed E-state index contributed by atoms with van der Waals surface area (Å²) in [6.07, 6.45) is 0. The van der Waals surface area contributed by atoms with Gasteiger partial charge in [-0.05, 0) is 67.9 Å². The van der Waals surface area contributed by atoms with E-state index in [1.54, 1.807) is 29.3 Å². The normalized spacial score (nSPS) is 10.7. The topological polar surface area (TPSA) is 25.2 Å². The van der Waals surface area contributed by atoms with Crippen LogP contribution in [0.3, 0.4) is 0 Å². The van der Waals surface area contributed by atoms with Crippen molar-refractivity contribution in [2.24, 2.45) is 0 Å². The van der Waals surface area contributed by atoms with Crippen LogP contribution < -0.4 is 5.01 Å². The van der Waals surface area contributed by atoms with Crippen molar-refractivity contribution in [3.8, 4) is 0 Å². The van der Waals surface area contributed by atoms with E-state index in [1.165, 1.54) is 0 Å². The quantitative estimate of drug-likeness (QED) is 0.550. The van der Waals surface area contributed by atoms with Gasteiger partial charge >= 0.3 is 0 Å². The fourth-order valence-corrected chi connectivity index (χ4v) is 3.17. The number of carbonyl (C=O) groups is 1. The van der Waals surface area contributed by atoms with Gasteiger partial charge in [0.25, 0.3) is 5.91 Å². The Morgan fingerprint density at radius 2 is 1.52 bits per heavy atom. The number of amides is 1. The molecule has 1 heterocycles. The third-order valence-electron chi connectivity index (χ3n) is 4.05. The molecule has 3 rings (SSSR count). The van der Waals surface area contributed by atoms with E-state index < -0.39 is 0 Å². The molecule has 1 aromatic heterocycles. The zero-order valence-electron chi connectivity index (χ0n) is 14.0. The lowest BCUT2D eigenvalue weighted by Crippen LogP contribution is -2.41. The Labute approximate surface area is 160 Å². The molecule has 1 amide bonds. The van der Waals surface area contributed by atoms with Crippen LogP contribution in [0.25, 0.3) is 0 Å². The molecule has 3 aromatic rings. The molecule has 0 atom stereocenters. The first-order valence-electron chi connectivity index (χ1n) is 7.93. The molecule has 2 aromatic carbocycles. The van der Waals surface area contributed by atoms with Crippen LogP contribution in [-0.2, 0) is 6.54 Å². The van der Waals surface area contributed by atoms with Crippen LogP contribution in [0, 0.1) is 13.8 Å². The minimum absolute atomic E-state index is 0.0676. The predicted octanol–water partition coefficient (Wildman–Crippen LogP) is 5.50. The monoisotopic (exact) mass is 416 g/mol. The lowest BCUT2D eigenvalue weighted by atomic mass is 10.2. The molecule has 0 fully saturated rings. The molecule has 128 valence electrons. The third-order valence-corrected chi connectivity index (χ3v) is 4.83. The van der Waals surface area contributed by atoms with E-state index in [4.69, 9.17) is 11.6 Å². The largest absolute Gasteiger partial charge is 0.273 e. The van der Waals surface area contributed by atoms with E-state index >= 15 is 0 Å². The van der Waals surface area contributed by atoms with Crippen molar-refractivity contribution in [3.63, 3.8) is 0 Å². The van der Waals surface area contributed by atoms with E-state index in [-0.39, 0.29) is 5.91 Å². The fraction of sp³-hybridized carbons (Fsp3) is 0.150. The number of carbonyl (C=O) groups excluding carboxylic acids is 1. The minimum atomic E-state index is -0.0676. The van der Waals surface area contributed by atoms with Gasteiger partial charge < -0.3 is 0 Å². The van der Waals surface area contributed by atoms with Gasteiger partial charge in [0.2, 0.25) is 0 Å². The molecule has 0 aliphatic carbocycles. The van der Waals surface area contributed by atoms with Crippen LogP contribution in [0.1, 0.15) is 27.3 Å². The van der Waals surface area contributed by atoms with Crippen molar-refractivity contribution in [1.82, 2.24) is 4.68 Å². The van der Waals surface area contributed by atoms with Crippen molar-refractivity contribution in [2.45, 2.75) is 20.4 Å². The molecule has 0 aliphatic rings. The number of aryl methyl sites for hydroxylation is 2. The van der Waals surface area contributed by atoms with Crippen LogP contribution in [0.15, 0.2) is 65.1 Å². The van der Waals surface area contributed by atoms with Crippen molar-refractivity contribution in [3.05, 3.63) is 92.7 Å². The van der Waals surface area contributed by atoms with Crippen molar-refractivity contribution in [1.29, 1.82) is 0 Å². The van der Waals surface area contributed by atoms with Gasteiger partial charge in [-0.25, -0.2) is 5.01 Å². The van der Waals surface area contributed by atoms with E-state index in [0.717, 1.165) is 21.4 Å². The maximum atomic E-state index is 13.2. The highest BCUT2D eigenvalue weighted by molar-refractivity contribution is 9.10. The molecule has 0 bridgehead atoms. The summed E-state index contributed by atoms with van der Waals surface area (Å²) in [5, 5.41) is 2.38. The number of hydrogen-bond donors (Lipinski definition) is 0. The van der Waals surface area contributed by atoms with Gasteiger partial charge in [0.05, 0.1) is 6.54 Å². The molecular formula is C20H18BrClN2O. The Morgan fingerprint density at radius 1 is 0.960 bits per heavy atom. The average molecular weight is 418 g/mol.